The molecule has 0 aliphatic heterocycles. The highest BCUT2D eigenvalue weighted by molar-refractivity contribution is 9.10. The molecule has 0 unspecified atom stereocenters. The van der Waals surface area contributed by atoms with E-state index in [9.17, 15) is 4.79 Å². The Balaban J connectivity index is 1.64. The first-order valence-electron chi connectivity index (χ1n) is 6.81. The van der Waals surface area contributed by atoms with Crippen LogP contribution in [0.1, 0.15) is 12.8 Å². The highest BCUT2D eigenvalue weighted by atomic mass is 79.9. The molecule has 4 heteroatoms. The average molecular weight is 334 g/mol. The summed E-state index contributed by atoms with van der Waals surface area (Å²) in [6.45, 7) is 0.838. The SMILES string of the molecule is O=C(COc1ccc2ccccc2c1Br)NCC1CC1. The van der Waals surface area contributed by atoms with Crippen LogP contribution in [0, 0.1) is 5.92 Å². The molecule has 0 radical (unpaired) electrons. The van der Waals surface area contributed by atoms with E-state index in [0.717, 1.165) is 21.8 Å². The first kappa shape index (κ1) is 13.4. The van der Waals surface area contributed by atoms with Gasteiger partial charge in [-0.05, 0) is 51.5 Å². The molecule has 1 aliphatic rings. The summed E-state index contributed by atoms with van der Waals surface area (Å²) < 4.78 is 6.49. The maximum absolute atomic E-state index is 11.7. The standard InChI is InChI=1S/C16H16BrNO2/c17-16-13-4-2-1-3-12(13)7-8-14(16)20-10-15(19)18-9-11-5-6-11/h1-4,7-8,11H,5-6,9-10H2,(H,18,19). The molecule has 1 amide bonds. The first-order valence-corrected chi connectivity index (χ1v) is 7.60. The minimum Gasteiger partial charge on any atom is -0.483 e. The van der Waals surface area contributed by atoms with E-state index >= 15 is 0 Å². The number of carbonyl (C=O) groups is 1. The van der Waals surface area contributed by atoms with Crippen molar-refractivity contribution >= 4 is 32.6 Å². The Morgan fingerprint density at radius 2 is 2.05 bits per heavy atom. The molecule has 2 aromatic rings. The van der Waals surface area contributed by atoms with Gasteiger partial charge in [0.25, 0.3) is 5.91 Å². The van der Waals surface area contributed by atoms with Crippen molar-refractivity contribution in [2.75, 3.05) is 13.2 Å². The van der Waals surface area contributed by atoms with Crippen molar-refractivity contribution in [3.8, 4) is 5.75 Å². The van der Waals surface area contributed by atoms with Crippen LogP contribution in [0.5, 0.6) is 5.75 Å². The summed E-state index contributed by atoms with van der Waals surface area (Å²) in [5, 5.41) is 5.12. The van der Waals surface area contributed by atoms with Gasteiger partial charge >= 0.3 is 0 Å². The van der Waals surface area contributed by atoms with Crippen LogP contribution in [0.15, 0.2) is 40.9 Å². The third-order valence-electron chi connectivity index (χ3n) is 3.47. The molecule has 0 heterocycles. The number of nitrogens with one attached hydrogen (secondary N) is 1. The molecule has 0 bridgehead atoms. The number of hydrogen-bond acceptors (Lipinski definition) is 2. The van der Waals surface area contributed by atoms with Gasteiger partial charge in [0.1, 0.15) is 5.75 Å². The lowest BCUT2D eigenvalue weighted by Gasteiger charge is -2.10. The number of benzene rings is 2. The van der Waals surface area contributed by atoms with E-state index in [4.69, 9.17) is 4.74 Å². The largest absolute Gasteiger partial charge is 0.483 e. The van der Waals surface area contributed by atoms with E-state index in [0.29, 0.717) is 11.7 Å². The molecule has 1 N–H and O–H groups in total. The summed E-state index contributed by atoms with van der Waals surface area (Å²) in [5.41, 5.74) is 0. The van der Waals surface area contributed by atoms with Crippen molar-refractivity contribution in [2.45, 2.75) is 12.8 Å². The number of hydrogen-bond donors (Lipinski definition) is 1. The fourth-order valence-corrected chi connectivity index (χ4v) is 2.71. The van der Waals surface area contributed by atoms with Gasteiger partial charge in [-0.15, -0.1) is 0 Å². The molecule has 1 aliphatic carbocycles. The fraction of sp³-hybridized carbons (Fsp3) is 0.312. The van der Waals surface area contributed by atoms with Crippen molar-refractivity contribution in [3.05, 3.63) is 40.9 Å². The van der Waals surface area contributed by atoms with Crippen LogP contribution in [-0.4, -0.2) is 19.1 Å². The van der Waals surface area contributed by atoms with Gasteiger partial charge in [0, 0.05) is 6.54 Å². The first-order chi connectivity index (χ1) is 9.74. The van der Waals surface area contributed by atoms with E-state index in [1.54, 1.807) is 0 Å². The van der Waals surface area contributed by atoms with Gasteiger partial charge in [0.05, 0.1) is 4.47 Å². The van der Waals surface area contributed by atoms with Crippen molar-refractivity contribution in [3.63, 3.8) is 0 Å². The normalized spacial score (nSPS) is 14.2. The summed E-state index contributed by atoms with van der Waals surface area (Å²) in [7, 11) is 0. The van der Waals surface area contributed by atoms with Gasteiger partial charge in [-0.1, -0.05) is 30.3 Å². The Morgan fingerprint density at radius 3 is 2.85 bits per heavy atom. The van der Waals surface area contributed by atoms with Crippen molar-refractivity contribution < 1.29 is 9.53 Å². The van der Waals surface area contributed by atoms with Crippen LogP contribution >= 0.6 is 15.9 Å². The Bertz CT molecular complexity index is 637. The molecular weight excluding hydrogens is 318 g/mol. The lowest BCUT2D eigenvalue weighted by Crippen LogP contribution is -2.30. The van der Waals surface area contributed by atoms with Crippen LogP contribution in [0.2, 0.25) is 0 Å². The molecule has 3 rings (SSSR count). The monoisotopic (exact) mass is 333 g/mol. The summed E-state index contributed by atoms with van der Waals surface area (Å²) in [5.74, 6) is 1.33. The van der Waals surface area contributed by atoms with Crippen LogP contribution < -0.4 is 10.1 Å². The summed E-state index contributed by atoms with van der Waals surface area (Å²) in [6.07, 6.45) is 2.47. The molecule has 3 nitrogen and oxygen atoms in total. The molecule has 2 aromatic carbocycles. The predicted octanol–water partition coefficient (Wildman–Crippen LogP) is 3.51. The van der Waals surface area contributed by atoms with Gasteiger partial charge in [-0.3, -0.25) is 4.79 Å². The highest BCUT2D eigenvalue weighted by Gasteiger charge is 2.21. The number of fused-ring (bicyclic) bond motifs is 1. The Hall–Kier alpha value is -1.55. The van der Waals surface area contributed by atoms with Gasteiger partial charge in [0.15, 0.2) is 6.61 Å². The Morgan fingerprint density at radius 1 is 1.25 bits per heavy atom. The second-order valence-corrected chi connectivity index (χ2v) is 5.93. The second-order valence-electron chi connectivity index (χ2n) is 5.13. The number of rotatable bonds is 5. The third-order valence-corrected chi connectivity index (χ3v) is 4.29. The van der Waals surface area contributed by atoms with Gasteiger partial charge in [-0.25, -0.2) is 0 Å². The van der Waals surface area contributed by atoms with E-state index in [1.165, 1.54) is 12.8 Å². The van der Waals surface area contributed by atoms with Crippen LogP contribution in [-0.2, 0) is 4.79 Å². The predicted molar refractivity (Wildman–Crippen MR) is 82.9 cm³/mol. The molecule has 1 saturated carbocycles. The molecule has 0 aromatic heterocycles. The van der Waals surface area contributed by atoms with E-state index in [1.807, 2.05) is 36.4 Å². The summed E-state index contributed by atoms with van der Waals surface area (Å²) >= 11 is 3.55. The maximum atomic E-state index is 11.7. The van der Waals surface area contributed by atoms with Gasteiger partial charge < -0.3 is 10.1 Å². The zero-order chi connectivity index (χ0) is 13.9. The quantitative estimate of drug-likeness (QED) is 0.909. The summed E-state index contributed by atoms with van der Waals surface area (Å²) in [6, 6.07) is 11.9. The highest BCUT2D eigenvalue weighted by Crippen LogP contribution is 2.33. The van der Waals surface area contributed by atoms with E-state index in [-0.39, 0.29) is 12.5 Å². The lowest BCUT2D eigenvalue weighted by molar-refractivity contribution is -0.123. The van der Waals surface area contributed by atoms with Gasteiger partial charge in [-0.2, -0.15) is 0 Å². The van der Waals surface area contributed by atoms with Gasteiger partial charge in [0.2, 0.25) is 0 Å². The zero-order valence-corrected chi connectivity index (χ0v) is 12.7. The van der Waals surface area contributed by atoms with E-state index in [2.05, 4.69) is 21.2 Å². The van der Waals surface area contributed by atoms with E-state index < -0.39 is 0 Å². The molecule has 104 valence electrons. The Labute approximate surface area is 126 Å². The molecule has 1 fully saturated rings. The second kappa shape index (κ2) is 5.83. The van der Waals surface area contributed by atoms with Crippen LogP contribution in [0.25, 0.3) is 10.8 Å². The van der Waals surface area contributed by atoms with Crippen molar-refractivity contribution in [2.24, 2.45) is 5.92 Å². The minimum absolute atomic E-state index is 0.0584. The average Bonchev–Trinajstić information content (AvgIpc) is 3.29. The summed E-state index contributed by atoms with van der Waals surface area (Å²) in [4.78, 5) is 11.7. The van der Waals surface area contributed by atoms with Crippen molar-refractivity contribution in [1.82, 2.24) is 5.32 Å². The van der Waals surface area contributed by atoms with Crippen molar-refractivity contribution in [1.29, 1.82) is 0 Å². The third kappa shape index (κ3) is 3.12. The molecule has 20 heavy (non-hydrogen) atoms. The molecule has 0 saturated heterocycles. The lowest BCUT2D eigenvalue weighted by atomic mass is 10.1. The number of halogens is 1. The zero-order valence-electron chi connectivity index (χ0n) is 11.1. The van der Waals surface area contributed by atoms with Crippen LogP contribution in [0.3, 0.4) is 0 Å². The number of ether oxygens (including phenoxy) is 1. The molecule has 0 spiro atoms. The number of carbonyl (C=O) groups excluding carboxylic acids is 1. The number of amides is 1. The maximum Gasteiger partial charge on any atom is 0.257 e. The fourth-order valence-electron chi connectivity index (χ4n) is 2.10. The topological polar surface area (TPSA) is 38.3 Å². The van der Waals surface area contributed by atoms with Crippen LogP contribution in [0.4, 0.5) is 0 Å². The Kier molecular flexibility index (Phi) is 3.92. The smallest absolute Gasteiger partial charge is 0.257 e. The minimum atomic E-state index is -0.0584. The molecule has 0 atom stereocenters. The molecular formula is C16H16BrNO2.